The maximum absolute atomic E-state index is 11.1. The van der Waals surface area contributed by atoms with Crippen LogP contribution in [0, 0.1) is 16.0 Å². The number of rotatable bonds is 5. The summed E-state index contributed by atoms with van der Waals surface area (Å²) in [6, 6.07) is 6.88. The normalized spacial score (nSPS) is 16.1. The molecule has 104 valence electrons. The highest BCUT2D eigenvalue weighted by atomic mass is 16.6. The largest absolute Gasteiger partial charge is 0.379 e. The van der Waals surface area contributed by atoms with Gasteiger partial charge in [-0.05, 0) is 37.0 Å². The number of nitrogens with one attached hydrogen (secondary N) is 1. The first-order valence-electron chi connectivity index (χ1n) is 6.69. The zero-order valence-electron chi connectivity index (χ0n) is 11.0. The van der Waals surface area contributed by atoms with E-state index in [1.54, 1.807) is 24.4 Å². The molecule has 1 aliphatic rings. The first kappa shape index (κ1) is 12.8. The van der Waals surface area contributed by atoms with E-state index >= 15 is 0 Å². The van der Waals surface area contributed by atoms with Gasteiger partial charge >= 0.3 is 0 Å². The molecule has 1 unspecified atom stereocenters. The first-order chi connectivity index (χ1) is 9.70. The Balaban J connectivity index is 2.03. The lowest BCUT2D eigenvalue weighted by Crippen LogP contribution is -2.30. The molecule has 3 N–H and O–H groups in total. The van der Waals surface area contributed by atoms with E-state index in [9.17, 15) is 10.1 Å². The number of nitrogens with zero attached hydrogens (tertiary/aromatic N) is 2. The van der Waals surface area contributed by atoms with Crippen LogP contribution in [0.15, 0.2) is 30.5 Å². The average molecular weight is 272 g/mol. The van der Waals surface area contributed by atoms with E-state index in [1.807, 2.05) is 0 Å². The van der Waals surface area contributed by atoms with Crippen LogP contribution < -0.4 is 11.1 Å². The molecule has 1 saturated carbocycles. The Morgan fingerprint density at radius 3 is 2.90 bits per heavy atom. The van der Waals surface area contributed by atoms with E-state index in [2.05, 4.69) is 10.3 Å². The van der Waals surface area contributed by atoms with E-state index in [0.717, 1.165) is 5.69 Å². The van der Waals surface area contributed by atoms with Crippen molar-refractivity contribution in [3.05, 3.63) is 40.6 Å². The number of nitro benzene ring substituents is 1. The fourth-order valence-corrected chi connectivity index (χ4v) is 2.50. The quantitative estimate of drug-likeness (QED) is 0.643. The van der Waals surface area contributed by atoms with E-state index in [-0.39, 0.29) is 16.7 Å². The lowest BCUT2D eigenvalue weighted by molar-refractivity contribution is -0.383. The summed E-state index contributed by atoms with van der Waals surface area (Å²) in [5.74, 6) is 0.606. The Morgan fingerprint density at radius 2 is 2.25 bits per heavy atom. The smallest absolute Gasteiger partial charge is 0.278 e. The van der Waals surface area contributed by atoms with E-state index in [4.69, 9.17) is 5.73 Å². The van der Waals surface area contributed by atoms with E-state index in [1.165, 1.54) is 18.9 Å². The molecule has 2 aromatic rings. The summed E-state index contributed by atoms with van der Waals surface area (Å²) < 4.78 is 0. The Bertz CT molecular complexity index is 655. The zero-order valence-corrected chi connectivity index (χ0v) is 11.0. The van der Waals surface area contributed by atoms with Gasteiger partial charge in [0.1, 0.15) is 5.52 Å². The van der Waals surface area contributed by atoms with Crippen LogP contribution in [0.1, 0.15) is 12.8 Å². The first-order valence-corrected chi connectivity index (χ1v) is 6.69. The number of benzene rings is 1. The number of hydrogen-bond acceptors (Lipinski definition) is 5. The number of anilines is 1. The summed E-state index contributed by atoms with van der Waals surface area (Å²) in [6.07, 6.45) is 4.02. The standard InChI is InChI=1S/C14H16N4O2/c15-8-12(9-3-4-9)17-11-5-6-13(18(19)20)10-2-1-7-16-14(10)11/h1-2,5-7,9,12,17H,3-4,8,15H2. The maximum atomic E-state index is 11.1. The van der Waals surface area contributed by atoms with Crippen molar-refractivity contribution in [2.24, 2.45) is 11.7 Å². The minimum absolute atomic E-state index is 0.0781. The highest BCUT2D eigenvalue weighted by molar-refractivity contribution is 5.96. The van der Waals surface area contributed by atoms with Crippen LogP contribution in [0.25, 0.3) is 10.9 Å². The Labute approximate surface area is 116 Å². The molecule has 0 aliphatic heterocycles. The minimum Gasteiger partial charge on any atom is -0.379 e. The van der Waals surface area contributed by atoms with Crippen molar-refractivity contribution in [1.82, 2.24) is 4.98 Å². The zero-order chi connectivity index (χ0) is 14.1. The number of non-ortho nitro benzene ring substituents is 1. The van der Waals surface area contributed by atoms with E-state index < -0.39 is 0 Å². The van der Waals surface area contributed by atoms with Crippen molar-refractivity contribution in [2.75, 3.05) is 11.9 Å². The van der Waals surface area contributed by atoms with Gasteiger partial charge in [0.25, 0.3) is 5.69 Å². The molecule has 0 bridgehead atoms. The Hall–Kier alpha value is -2.21. The summed E-state index contributed by atoms with van der Waals surface area (Å²) in [5.41, 5.74) is 7.31. The molecule has 1 aromatic heterocycles. The van der Waals surface area contributed by atoms with Crippen molar-refractivity contribution in [2.45, 2.75) is 18.9 Å². The number of nitrogens with two attached hydrogens (primary N) is 1. The number of pyridine rings is 1. The van der Waals surface area contributed by atoms with Crippen molar-refractivity contribution in [3.63, 3.8) is 0 Å². The third-order valence-corrected chi connectivity index (χ3v) is 3.73. The molecule has 6 heteroatoms. The van der Waals surface area contributed by atoms with Crippen LogP contribution in [0.3, 0.4) is 0 Å². The molecule has 1 aliphatic carbocycles. The second kappa shape index (κ2) is 5.05. The van der Waals surface area contributed by atoms with Crippen molar-refractivity contribution in [1.29, 1.82) is 0 Å². The minimum atomic E-state index is -0.380. The van der Waals surface area contributed by atoms with Crippen LogP contribution >= 0.6 is 0 Å². The van der Waals surface area contributed by atoms with Crippen molar-refractivity contribution >= 4 is 22.3 Å². The lowest BCUT2D eigenvalue weighted by Gasteiger charge is -2.18. The van der Waals surface area contributed by atoms with Gasteiger partial charge in [0.15, 0.2) is 0 Å². The summed E-state index contributed by atoms with van der Waals surface area (Å²) in [7, 11) is 0. The third-order valence-electron chi connectivity index (χ3n) is 3.73. The Kier molecular flexibility index (Phi) is 3.23. The van der Waals surface area contributed by atoms with Crippen LogP contribution in [-0.2, 0) is 0 Å². The summed E-state index contributed by atoms with van der Waals surface area (Å²) in [5, 5.41) is 15.0. The highest BCUT2D eigenvalue weighted by Crippen LogP contribution is 2.36. The maximum Gasteiger partial charge on any atom is 0.278 e. The van der Waals surface area contributed by atoms with Gasteiger partial charge in [-0.15, -0.1) is 0 Å². The fourth-order valence-electron chi connectivity index (χ4n) is 2.50. The second-order valence-electron chi connectivity index (χ2n) is 5.11. The predicted molar refractivity (Wildman–Crippen MR) is 77.6 cm³/mol. The molecule has 20 heavy (non-hydrogen) atoms. The molecule has 1 atom stereocenters. The van der Waals surface area contributed by atoms with Gasteiger partial charge in [-0.3, -0.25) is 15.1 Å². The van der Waals surface area contributed by atoms with Gasteiger partial charge in [-0.1, -0.05) is 0 Å². The molecule has 0 spiro atoms. The third kappa shape index (κ3) is 2.30. The summed E-state index contributed by atoms with van der Waals surface area (Å²) >= 11 is 0. The van der Waals surface area contributed by atoms with Gasteiger partial charge < -0.3 is 11.1 Å². The SMILES string of the molecule is NCC(Nc1ccc([N+](=O)[O-])c2cccnc12)C1CC1. The number of nitro groups is 1. The van der Waals surface area contributed by atoms with Crippen molar-refractivity contribution in [3.8, 4) is 0 Å². The van der Waals surface area contributed by atoms with Gasteiger partial charge in [0.2, 0.25) is 0 Å². The van der Waals surface area contributed by atoms with Gasteiger partial charge in [-0.2, -0.15) is 0 Å². The van der Waals surface area contributed by atoms with Crippen LogP contribution in [0.2, 0.25) is 0 Å². The van der Waals surface area contributed by atoms with Gasteiger partial charge in [0, 0.05) is 24.8 Å². The molecular weight excluding hydrogens is 256 g/mol. The summed E-state index contributed by atoms with van der Waals surface area (Å²) in [4.78, 5) is 15.0. The number of fused-ring (bicyclic) bond motifs is 1. The predicted octanol–water partition coefficient (Wildman–Crippen LogP) is 2.29. The lowest BCUT2D eigenvalue weighted by atomic mass is 10.1. The number of hydrogen-bond donors (Lipinski definition) is 2. The number of aromatic nitrogens is 1. The Morgan fingerprint density at radius 1 is 1.45 bits per heavy atom. The molecule has 3 rings (SSSR count). The van der Waals surface area contributed by atoms with Gasteiger partial charge in [-0.25, -0.2) is 0 Å². The molecule has 1 heterocycles. The molecule has 6 nitrogen and oxygen atoms in total. The van der Waals surface area contributed by atoms with Crippen LogP contribution in [0.4, 0.5) is 11.4 Å². The van der Waals surface area contributed by atoms with Crippen molar-refractivity contribution < 1.29 is 4.92 Å². The van der Waals surface area contributed by atoms with Crippen LogP contribution in [0.5, 0.6) is 0 Å². The highest BCUT2D eigenvalue weighted by Gasteiger charge is 2.30. The second-order valence-corrected chi connectivity index (χ2v) is 5.11. The monoisotopic (exact) mass is 272 g/mol. The molecule has 0 amide bonds. The average Bonchev–Trinajstić information content (AvgIpc) is 3.28. The summed E-state index contributed by atoms with van der Waals surface area (Å²) in [6.45, 7) is 0.552. The van der Waals surface area contributed by atoms with E-state index in [0.29, 0.717) is 23.4 Å². The molecule has 0 radical (unpaired) electrons. The fraction of sp³-hybridized carbons (Fsp3) is 0.357. The molecular formula is C14H16N4O2. The molecule has 1 fully saturated rings. The topological polar surface area (TPSA) is 94.1 Å². The molecule has 0 saturated heterocycles. The van der Waals surface area contributed by atoms with Crippen LogP contribution in [-0.4, -0.2) is 22.5 Å². The van der Waals surface area contributed by atoms with Gasteiger partial charge in [0.05, 0.1) is 16.0 Å². The molecule has 1 aromatic carbocycles.